The molecule has 1 heterocycles. The van der Waals surface area contributed by atoms with Crippen molar-refractivity contribution in [3.63, 3.8) is 0 Å². The first-order valence-electron chi connectivity index (χ1n) is 5.72. The second-order valence-corrected chi connectivity index (χ2v) is 5.14. The normalized spacial score (nSPS) is 15.5. The lowest BCUT2D eigenvalue weighted by molar-refractivity contribution is -0.110. The second kappa shape index (κ2) is 4.63. The van der Waals surface area contributed by atoms with Gasteiger partial charge in [-0.1, -0.05) is 34.1 Å². The van der Waals surface area contributed by atoms with Gasteiger partial charge in [0.2, 0.25) is 0 Å². The van der Waals surface area contributed by atoms with Crippen molar-refractivity contribution in [3.8, 4) is 0 Å². The second-order valence-electron chi connectivity index (χ2n) is 4.22. The minimum atomic E-state index is -0.341. The fourth-order valence-corrected chi connectivity index (χ4v) is 2.41. The zero-order valence-electron chi connectivity index (χ0n) is 9.78. The summed E-state index contributed by atoms with van der Waals surface area (Å²) in [6, 6.07) is 11.9. The molecule has 2 nitrogen and oxygen atoms in total. The van der Waals surface area contributed by atoms with Gasteiger partial charge in [-0.2, -0.15) is 0 Å². The predicted octanol–water partition coefficient (Wildman–Crippen LogP) is 4.08. The molecule has 0 saturated carbocycles. The van der Waals surface area contributed by atoms with E-state index in [0.717, 1.165) is 15.7 Å². The number of hydrogen-bond donors (Lipinski definition) is 1. The van der Waals surface area contributed by atoms with Crippen molar-refractivity contribution in [1.82, 2.24) is 0 Å². The molecule has 0 aliphatic carbocycles. The maximum Gasteiger partial charge on any atom is 0.256 e. The molecule has 94 valence electrons. The summed E-state index contributed by atoms with van der Waals surface area (Å²) < 4.78 is 14.5. The van der Waals surface area contributed by atoms with Crippen molar-refractivity contribution in [1.29, 1.82) is 0 Å². The summed E-state index contributed by atoms with van der Waals surface area (Å²) in [6.45, 7) is 0. The lowest BCUT2D eigenvalue weighted by atomic mass is 10.0. The Hall–Kier alpha value is -1.94. The molecular weight excluding hydrogens is 309 g/mol. The van der Waals surface area contributed by atoms with Crippen molar-refractivity contribution in [2.75, 3.05) is 5.32 Å². The Morgan fingerprint density at radius 2 is 1.95 bits per heavy atom. The van der Waals surface area contributed by atoms with Crippen LogP contribution in [0.1, 0.15) is 11.1 Å². The number of halogens is 2. The smallest absolute Gasteiger partial charge is 0.256 e. The third-order valence-electron chi connectivity index (χ3n) is 2.97. The van der Waals surface area contributed by atoms with Gasteiger partial charge in [0.25, 0.3) is 5.91 Å². The van der Waals surface area contributed by atoms with Gasteiger partial charge in [0.15, 0.2) is 0 Å². The van der Waals surface area contributed by atoms with E-state index in [-0.39, 0.29) is 11.7 Å². The van der Waals surface area contributed by atoms with Gasteiger partial charge < -0.3 is 5.32 Å². The standard InChI is InChI=1S/C15H9BrFNO/c16-10-5-6-14-11(8-10)12(15(19)18-14)7-9-3-1-2-4-13(9)17/h1-8H,(H,18,19)/b12-7-. The number of rotatable bonds is 1. The van der Waals surface area contributed by atoms with Crippen LogP contribution >= 0.6 is 15.9 Å². The summed E-state index contributed by atoms with van der Waals surface area (Å²) >= 11 is 3.37. The van der Waals surface area contributed by atoms with Crippen LogP contribution in [-0.2, 0) is 4.79 Å². The molecule has 2 aromatic rings. The number of carbonyl (C=O) groups excluding carboxylic acids is 1. The molecule has 0 unspecified atom stereocenters. The molecule has 1 amide bonds. The number of carbonyl (C=O) groups is 1. The Labute approximate surface area is 118 Å². The van der Waals surface area contributed by atoms with E-state index in [1.54, 1.807) is 24.3 Å². The number of benzene rings is 2. The molecule has 4 heteroatoms. The third kappa shape index (κ3) is 2.19. The highest BCUT2D eigenvalue weighted by Gasteiger charge is 2.24. The van der Waals surface area contributed by atoms with Crippen LogP contribution in [0.5, 0.6) is 0 Å². The van der Waals surface area contributed by atoms with Crippen molar-refractivity contribution >= 4 is 39.2 Å². The maximum absolute atomic E-state index is 13.6. The third-order valence-corrected chi connectivity index (χ3v) is 3.46. The summed E-state index contributed by atoms with van der Waals surface area (Å²) in [6.07, 6.45) is 1.57. The van der Waals surface area contributed by atoms with Gasteiger partial charge in [-0.15, -0.1) is 0 Å². The zero-order chi connectivity index (χ0) is 13.4. The van der Waals surface area contributed by atoms with E-state index in [2.05, 4.69) is 21.2 Å². The monoisotopic (exact) mass is 317 g/mol. The fraction of sp³-hybridized carbons (Fsp3) is 0. The molecule has 2 aromatic carbocycles. The van der Waals surface area contributed by atoms with E-state index in [1.807, 2.05) is 18.2 Å². The highest BCUT2D eigenvalue weighted by molar-refractivity contribution is 9.10. The van der Waals surface area contributed by atoms with Crippen LogP contribution in [-0.4, -0.2) is 5.91 Å². The molecule has 1 aliphatic rings. The summed E-state index contributed by atoms with van der Waals surface area (Å²) in [5.74, 6) is -0.553. The van der Waals surface area contributed by atoms with Crippen LogP contribution in [0.3, 0.4) is 0 Å². The Bertz CT molecular complexity index is 709. The molecule has 3 rings (SSSR count). The molecule has 19 heavy (non-hydrogen) atoms. The Balaban J connectivity index is 2.14. The Kier molecular flexibility index (Phi) is 2.95. The van der Waals surface area contributed by atoms with E-state index in [9.17, 15) is 9.18 Å². The summed E-state index contributed by atoms with van der Waals surface area (Å²) in [4.78, 5) is 11.9. The number of amides is 1. The largest absolute Gasteiger partial charge is 0.321 e. The van der Waals surface area contributed by atoms with Gasteiger partial charge in [-0.3, -0.25) is 4.79 Å². The molecule has 0 bridgehead atoms. The highest BCUT2D eigenvalue weighted by atomic mass is 79.9. The van der Waals surface area contributed by atoms with Crippen molar-refractivity contribution < 1.29 is 9.18 Å². The quantitative estimate of drug-likeness (QED) is 0.789. The van der Waals surface area contributed by atoms with Crippen molar-refractivity contribution in [2.24, 2.45) is 0 Å². The molecule has 1 aliphatic heterocycles. The molecule has 0 aromatic heterocycles. The number of hydrogen-bond acceptors (Lipinski definition) is 1. The van der Waals surface area contributed by atoms with Crippen molar-refractivity contribution in [3.05, 3.63) is 63.9 Å². The van der Waals surface area contributed by atoms with Crippen molar-refractivity contribution in [2.45, 2.75) is 0 Å². The van der Waals surface area contributed by atoms with Gasteiger partial charge in [-0.05, 0) is 30.3 Å². The molecule has 0 radical (unpaired) electrons. The van der Waals surface area contributed by atoms with E-state index < -0.39 is 0 Å². The summed E-state index contributed by atoms with van der Waals surface area (Å²) in [5, 5.41) is 2.76. The molecule has 1 N–H and O–H groups in total. The lowest BCUT2D eigenvalue weighted by Gasteiger charge is -2.00. The summed E-state index contributed by atoms with van der Waals surface area (Å²) in [5.41, 5.74) is 2.40. The van der Waals surface area contributed by atoms with E-state index in [1.165, 1.54) is 6.07 Å². The first-order chi connectivity index (χ1) is 9.15. The highest BCUT2D eigenvalue weighted by Crippen LogP contribution is 2.35. The molecule has 0 saturated heterocycles. The minimum absolute atomic E-state index is 0.212. The number of nitrogens with one attached hydrogen (secondary N) is 1. The van der Waals surface area contributed by atoms with Gasteiger partial charge in [0.05, 0.1) is 0 Å². The van der Waals surface area contributed by atoms with Crippen LogP contribution in [0, 0.1) is 5.82 Å². The minimum Gasteiger partial charge on any atom is -0.321 e. The van der Waals surface area contributed by atoms with Crippen LogP contribution in [0.4, 0.5) is 10.1 Å². The van der Waals surface area contributed by atoms with E-state index in [4.69, 9.17) is 0 Å². The Morgan fingerprint density at radius 3 is 2.74 bits per heavy atom. The first kappa shape index (κ1) is 12.1. The first-order valence-corrected chi connectivity index (χ1v) is 6.52. The van der Waals surface area contributed by atoms with E-state index >= 15 is 0 Å². The maximum atomic E-state index is 13.6. The van der Waals surface area contributed by atoms with Crippen LogP contribution in [0.25, 0.3) is 11.6 Å². The summed E-state index contributed by atoms with van der Waals surface area (Å²) in [7, 11) is 0. The number of fused-ring (bicyclic) bond motifs is 1. The Morgan fingerprint density at radius 1 is 1.16 bits per heavy atom. The van der Waals surface area contributed by atoms with Crippen LogP contribution < -0.4 is 5.32 Å². The van der Waals surface area contributed by atoms with Gasteiger partial charge in [0.1, 0.15) is 5.82 Å². The average molecular weight is 318 g/mol. The SMILES string of the molecule is O=C1Nc2ccc(Br)cc2/C1=C/c1ccccc1F. The molecule has 0 spiro atoms. The van der Waals surface area contributed by atoms with E-state index in [0.29, 0.717) is 11.1 Å². The topological polar surface area (TPSA) is 29.1 Å². The van der Waals surface area contributed by atoms with Gasteiger partial charge >= 0.3 is 0 Å². The molecular formula is C15H9BrFNO. The van der Waals surface area contributed by atoms with Crippen LogP contribution in [0.2, 0.25) is 0 Å². The predicted molar refractivity (Wildman–Crippen MR) is 77.0 cm³/mol. The fourth-order valence-electron chi connectivity index (χ4n) is 2.05. The molecule has 0 atom stereocenters. The lowest BCUT2D eigenvalue weighted by Crippen LogP contribution is -2.03. The molecule has 0 fully saturated rings. The number of anilines is 1. The zero-order valence-corrected chi connectivity index (χ0v) is 11.4. The van der Waals surface area contributed by atoms with Crippen LogP contribution in [0.15, 0.2) is 46.9 Å². The average Bonchev–Trinajstić information content (AvgIpc) is 2.69. The van der Waals surface area contributed by atoms with Gasteiger partial charge in [0, 0.05) is 26.9 Å². The van der Waals surface area contributed by atoms with Gasteiger partial charge in [-0.25, -0.2) is 4.39 Å².